The standard InChI is InChI=1S/C26H31NO3/c1-19(2)15-16-22(17-20-11-7-5-8-12-20)24(28)27-23(26(3,4)30-25(27)29)18-21-13-9-6-10-14-21/h5-15,22-23H,16-18H2,1-4H3/t22-,23-/m0/s1. The van der Waals surface area contributed by atoms with Crippen LogP contribution in [0.3, 0.4) is 0 Å². The molecular weight excluding hydrogens is 374 g/mol. The van der Waals surface area contributed by atoms with Crippen molar-refractivity contribution in [3.8, 4) is 0 Å². The highest BCUT2D eigenvalue weighted by atomic mass is 16.6. The summed E-state index contributed by atoms with van der Waals surface area (Å²) in [5.41, 5.74) is 2.59. The molecule has 3 rings (SSSR count). The number of rotatable bonds is 7. The van der Waals surface area contributed by atoms with Crippen molar-refractivity contribution in [3.63, 3.8) is 0 Å². The Morgan fingerprint density at radius 2 is 1.60 bits per heavy atom. The molecule has 0 bridgehead atoms. The van der Waals surface area contributed by atoms with Gasteiger partial charge in [0.2, 0.25) is 5.91 Å². The second-order valence-corrected chi connectivity index (χ2v) is 8.79. The van der Waals surface area contributed by atoms with Crippen LogP contribution in [0.25, 0.3) is 0 Å². The Hall–Kier alpha value is -2.88. The van der Waals surface area contributed by atoms with Crippen molar-refractivity contribution >= 4 is 12.0 Å². The summed E-state index contributed by atoms with van der Waals surface area (Å²) in [5, 5.41) is 0. The van der Waals surface area contributed by atoms with E-state index in [1.165, 1.54) is 4.90 Å². The van der Waals surface area contributed by atoms with Gasteiger partial charge >= 0.3 is 6.09 Å². The highest BCUT2D eigenvalue weighted by Gasteiger charge is 2.51. The quantitative estimate of drug-likeness (QED) is 0.566. The van der Waals surface area contributed by atoms with Crippen molar-refractivity contribution in [2.45, 2.75) is 58.6 Å². The Morgan fingerprint density at radius 3 is 2.17 bits per heavy atom. The fourth-order valence-corrected chi connectivity index (χ4v) is 3.94. The van der Waals surface area contributed by atoms with E-state index in [1.807, 2.05) is 88.4 Å². The predicted molar refractivity (Wildman–Crippen MR) is 119 cm³/mol. The van der Waals surface area contributed by atoms with Crippen molar-refractivity contribution in [1.29, 1.82) is 0 Å². The number of amides is 2. The molecule has 1 saturated heterocycles. The van der Waals surface area contributed by atoms with Gasteiger partial charge in [0.25, 0.3) is 0 Å². The first-order chi connectivity index (χ1) is 14.3. The summed E-state index contributed by atoms with van der Waals surface area (Å²) in [7, 11) is 0. The lowest BCUT2D eigenvalue weighted by atomic mass is 9.89. The Morgan fingerprint density at radius 1 is 1.03 bits per heavy atom. The van der Waals surface area contributed by atoms with Gasteiger partial charge in [0.1, 0.15) is 5.60 Å². The first kappa shape index (κ1) is 21.8. The van der Waals surface area contributed by atoms with Crippen LogP contribution in [0.4, 0.5) is 4.79 Å². The highest BCUT2D eigenvalue weighted by molar-refractivity contribution is 5.95. The van der Waals surface area contributed by atoms with Gasteiger partial charge in [-0.25, -0.2) is 9.69 Å². The second-order valence-electron chi connectivity index (χ2n) is 8.79. The lowest BCUT2D eigenvalue weighted by Crippen LogP contribution is -2.48. The third-order valence-corrected chi connectivity index (χ3v) is 5.66. The van der Waals surface area contributed by atoms with Crippen LogP contribution in [0.2, 0.25) is 0 Å². The van der Waals surface area contributed by atoms with E-state index in [0.29, 0.717) is 19.3 Å². The molecule has 1 heterocycles. The molecule has 4 nitrogen and oxygen atoms in total. The summed E-state index contributed by atoms with van der Waals surface area (Å²) in [5.74, 6) is -0.477. The molecule has 0 saturated carbocycles. The number of carbonyl (C=O) groups excluding carboxylic acids is 2. The normalized spacial score (nSPS) is 18.6. The third-order valence-electron chi connectivity index (χ3n) is 5.66. The first-order valence-corrected chi connectivity index (χ1v) is 10.5. The van der Waals surface area contributed by atoms with Gasteiger partial charge in [0.15, 0.2) is 0 Å². The molecule has 0 spiro atoms. The van der Waals surface area contributed by atoms with Gasteiger partial charge < -0.3 is 4.74 Å². The molecular formula is C26H31NO3. The van der Waals surface area contributed by atoms with E-state index >= 15 is 0 Å². The van der Waals surface area contributed by atoms with Crippen molar-refractivity contribution in [3.05, 3.63) is 83.4 Å². The molecule has 0 aromatic heterocycles. The van der Waals surface area contributed by atoms with E-state index in [-0.39, 0.29) is 17.9 Å². The third kappa shape index (κ3) is 5.18. The molecule has 0 unspecified atom stereocenters. The maximum atomic E-state index is 13.7. The molecule has 4 heteroatoms. The summed E-state index contributed by atoms with van der Waals surface area (Å²) in [6, 6.07) is 19.6. The maximum absolute atomic E-state index is 13.7. The maximum Gasteiger partial charge on any atom is 0.417 e. The molecule has 158 valence electrons. The van der Waals surface area contributed by atoms with Crippen LogP contribution >= 0.6 is 0 Å². The van der Waals surface area contributed by atoms with E-state index in [2.05, 4.69) is 6.08 Å². The summed E-state index contributed by atoms with van der Waals surface area (Å²) < 4.78 is 5.64. The first-order valence-electron chi connectivity index (χ1n) is 10.5. The number of nitrogens with zero attached hydrogens (tertiary/aromatic N) is 1. The Balaban J connectivity index is 1.89. The monoisotopic (exact) mass is 405 g/mol. The molecule has 1 aliphatic heterocycles. The van der Waals surface area contributed by atoms with E-state index < -0.39 is 11.7 Å². The Kier molecular flexibility index (Phi) is 6.76. The molecule has 2 amide bonds. The van der Waals surface area contributed by atoms with Gasteiger partial charge in [0, 0.05) is 5.92 Å². The summed E-state index contributed by atoms with van der Waals surface area (Å²) >= 11 is 0. The molecule has 1 fully saturated rings. The average Bonchev–Trinajstić information content (AvgIpc) is 2.94. The van der Waals surface area contributed by atoms with Gasteiger partial charge in [-0.1, -0.05) is 72.3 Å². The molecule has 0 N–H and O–H groups in total. The lowest BCUT2D eigenvalue weighted by molar-refractivity contribution is -0.133. The second kappa shape index (κ2) is 9.29. The van der Waals surface area contributed by atoms with E-state index in [0.717, 1.165) is 16.7 Å². The number of allylic oxidation sites excluding steroid dienone is 2. The van der Waals surface area contributed by atoms with Crippen LogP contribution in [-0.4, -0.2) is 28.5 Å². The summed E-state index contributed by atoms with van der Waals surface area (Å²) in [6.45, 7) is 7.81. The van der Waals surface area contributed by atoms with Crippen LogP contribution in [0.5, 0.6) is 0 Å². The van der Waals surface area contributed by atoms with Gasteiger partial charge in [-0.3, -0.25) is 4.79 Å². The van der Waals surface area contributed by atoms with Crippen molar-refractivity contribution in [1.82, 2.24) is 4.90 Å². The number of imide groups is 1. The lowest BCUT2D eigenvalue weighted by Gasteiger charge is -2.30. The molecule has 0 aliphatic carbocycles. The molecule has 2 atom stereocenters. The van der Waals surface area contributed by atoms with E-state index in [4.69, 9.17) is 4.74 Å². The average molecular weight is 406 g/mol. The molecule has 2 aromatic rings. The van der Waals surface area contributed by atoms with Crippen molar-refractivity contribution in [2.24, 2.45) is 5.92 Å². The molecule has 2 aromatic carbocycles. The van der Waals surface area contributed by atoms with Crippen LogP contribution in [-0.2, 0) is 22.4 Å². The van der Waals surface area contributed by atoms with E-state index in [9.17, 15) is 9.59 Å². The smallest absolute Gasteiger partial charge is 0.417 e. The van der Waals surface area contributed by atoms with Crippen LogP contribution in [0, 0.1) is 5.92 Å². The highest BCUT2D eigenvalue weighted by Crippen LogP contribution is 2.34. The molecule has 30 heavy (non-hydrogen) atoms. The minimum Gasteiger partial charge on any atom is -0.441 e. The number of hydrogen-bond donors (Lipinski definition) is 0. The van der Waals surface area contributed by atoms with Gasteiger partial charge in [-0.15, -0.1) is 0 Å². The minimum atomic E-state index is -0.740. The largest absolute Gasteiger partial charge is 0.441 e. The van der Waals surface area contributed by atoms with Crippen LogP contribution in [0.15, 0.2) is 72.3 Å². The summed E-state index contributed by atoms with van der Waals surface area (Å²) in [4.78, 5) is 27.8. The van der Waals surface area contributed by atoms with Crippen molar-refractivity contribution < 1.29 is 14.3 Å². The molecule has 0 radical (unpaired) electrons. The van der Waals surface area contributed by atoms with Gasteiger partial charge in [-0.2, -0.15) is 0 Å². The number of ether oxygens (including phenoxy) is 1. The fraction of sp³-hybridized carbons (Fsp3) is 0.385. The minimum absolute atomic E-state index is 0.159. The van der Waals surface area contributed by atoms with Crippen LogP contribution in [0.1, 0.15) is 45.2 Å². The Bertz CT molecular complexity index is 898. The summed E-state index contributed by atoms with van der Waals surface area (Å²) in [6.07, 6.45) is 3.29. The van der Waals surface area contributed by atoms with Crippen molar-refractivity contribution in [2.75, 3.05) is 0 Å². The van der Waals surface area contributed by atoms with Gasteiger partial charge in [-0.05, 0) is 58.1 Å². The van der Waals surface area contributed by atoms with Crippen LogP contribution < -0.4 is 0 Å². The Labute approximate surface area is 179 Å². The number of hydrogen-bond acceptors (Lipinski definition) is 3. The molecule has 1 aliphatic rings. The fourth-order valence-electron chi connectivity index (χ4n) is 3.94. The predicted octanol–water partition coefficient (Wildman–Crippen LogP) is 5.57. The SMILES string of the molecule is CC(C)=CC[C@@H](Cc1ccccc1)C(=O)N1C(=O)OC(C)(C)[C@@H]1Cc1ccccc1. The zero-order valence-electron chi connectivity index (χ0n) is 18.3. The number of carbonyl (C=O) groups is 2. The zero-order valence-corrected chi connectivity index (χ0v) is 18.3. The zero-order chi connectivity index (χ0) is 21.7. The van der Waals surface area contributed by atoms with Gasteiger partial charge in [0.05, 0.1) is 6.04 Å². The number of benzene rings is 2. The number of cyclic esters (lactones) is 1. The topological polar surface area (TPSA) is 46.6 Å². The van der Waals surface area contributed by atoms with E-state index in [1.54, 1.807) is 0 Å².